The summed E-state index contributed by atoms with van der Waals surface area (Å²) in [5, 5.41) is 8.94. The lowest BCUT2D eigenvalue weighted by molar-refractivity contribution is -0.0516. The van der Waals surface area contributed by atoms with E-state index in [1.807, 2.05) is 0 Å². The summed E-state index contributed by atoms with van der Waals surface area (Å²) in [6, 6.07) is 4.43. The van der Waals surface area contributed by atoms with E-state index in [0.29, 0.717) is 5.56 Å². The molecule has 1 aliphatic carbocycles. The van der Waals surface area contributed by atoms with Crippen molar-refractivity contribution in [2.45, 2.75) is 32.2 Å². The molecule has 88 valence electrons. The highest BCUT2D eigenvalue weighted by atomic mass is 19.3. The molecule has 1 aromatic carbocycles. The Morgan fingerprint density at radius 2 is 2.06 bits per heavy atom. The van der Waals surface area contributed by atoms with E-state index in [1.54, 1.807) is 0 Å². The third kappa shape index (κ3) is 2.82. The molecule has 0 spiro atoms. The molecule has 1 aliphatic rings. The first-order chi connectivity index (χ1) is 7.69. The number of aliphatic hydroxyl groups excluding tert-OH is 1. The Labute approximate surface area is 91.6 Å². The molecule has 5 heteroatoms. The highest BCUT2D eigenvalue weighted by molar-refractivity contribution is 5.43. The van der Waals surface area contributed by atoms with Crippen molar-refractivity contribution < 1.29 is 23.4 Å². The molecular formula is C11H12F2O3. The number of halogens is 2. The Morgan fingerprint density at radius 3 is 2.62 bits per heavy atom. The maximum Gasteiger partial charge on any atom is 0.387 e. The van der Waals surface area contributed by atoms with Crippen molar-refractivity contribution >= 4 is 0 Å². The van der Waals surface area contributed by atoms with E-state index < -0.39 is 6.61 Å². The number of hydrogen-bond donors (Lipinski definition) is 1. The van der Waals surface area contributed by atoms with Gasteiger partial charge in [0, 0.05) is 0 Å². The molecule has 0 radical (unpaired) electrons. The van der Waals surface area contributed by atoms with E-state index in [-0.39, 0.29) is 24.2 Å². The van der Waals surface area contributed by atoms with E-state index in [0.717, 1.165) is 12.8 Å². The SMILES string of the molecule is OCc1ccc(OC(F)F)c(OC2CC2)c1. The van der Waals surface area contributed by atoms with Gasteiger partial charge < -0.3 is 14.6 Å². The standard InChI is InChI=1S/C11H12F2O3/c12-11(13)16-9-4-1-7(6-14)5-10(9)15-8-2-3-8/h1,4-5,8,11,14H,2-3,6H2. The molecule has 1 N–H and O–H groups in total. The predicted molar refractivity (Wildman–Crippen MR) is 52.6 cm³/mol. The highest BCUT2D eigenvalue weighted by Crippen LogP contribution is 2.35. The summed E-state index contributed by atoms with van der Waals surface area (Å²) in [4.78, 5) is 0. The zero-order valence-electron chi connectivity index (χ0n) is 8.53. The van der Waals surface area contributed by atoms with Gasteiger partial charge >= 0.3 is 6.61 Å². The van der Waals surface area contributed by atoms with Gasteiger partial charge in [0.05, 0.1) is 12.7 Å². The molecule has 0 atom stereocenters. The fourth-order valence-electron chi connectivity index (χ4n) is 1.30. The normalized spacial score (nSPS) is 15.2. The van der Waals surface area contributed by atoms with Gasteiger partial charge in [-0.3, -0.25) is 0 Å². The lowest BCUT2D eigenvalue weighted by Gasteiger charge is -2.12. The summed E-state index contributed by atoms with van der Waals surface area (Å²) < 4.78 is 34.0. The van der Waals surface area contributed by atoms with Crippen molar-refractivity contribution in [3.63, 3.8) is 0 Å². The molecule has 0 unspecified atom stereocenters. The van der Waals surface area contributed by atoms with Crippen LogP contribution in [0.5, 0.6) is 11.5 Å². The van der Waals surface area contributed by atoms with Crippen molar-refractivity contribution in [1.29, 1.82) is 0 Å². The number of ether oxygens (including phenoxy) is 2. The lowest BCUT2D eigenvalue weighted by Crippen LogP contribution is -2.06. The molecule has 1 aromatic rings. The van der Waals surface area contributed by atoms with Crippen molar-refractivity contribution in [3.8, 4) is 11.5 Å². The predicted octanol–water partition coefficient (Wildman–Crippen LogP) is 2.32. The van der Waals surface area contributed by atoms with Gasteiger partial charge in [0.2, 0.25) is 0 Å². The first-order valence-electron chi connectivity index (χ1n) is 5.04. The Bertz CT molecular complexity index is 364. The molecule has 0 heterocycles. The van der Waals surface area contributed by atoms with E-state index in [9.17, 15) is 8.78 Å². The Morgan fingerprint density at radius 1 is 1.31 bits per heavy atom. The molecule has 3 nitrogen and oxygen atoms in total. The van der Waals surface area contributed by atoms with Gasteiger partial charge in [-0.2, -0.15) is 8.78 Å². The maximum absolute atomic E-state index is 12.1. The van der Waals surface area contributed by atoms with Crippen molar-refractivity contribution in [2.24, 2.45) is 0 Å². The number of alkyl halides is 2. The molecular weight excluding hydrogens is 218 g/mol. The minimum absolute atomic E-state index is 0.0131. The third-order valence-electron chi connectivity index (χ3n) is 2.22. The monoisotopic (exact) mass is 230 g/mol. The quantitative estimate of drug-likeness (QED) is 0.843. The van der Waals surface area contributed by atoms with Gasteiger partial charge in [0.25, 0.3) is 0 Å². The fourth-order valence-corrected chi connectivity index (χ4v) is 1.30. The molecule has 0 saturated heterocycles. The number of rotatable bonds is 5. The molecule has 1 fully saturated rings. The van der Waals surface area contributed by atoms with Crippen LogP contribution < -0.4 is 9.47 Å². The average molecular weight is 230 g/mol. The van der Waals surface area contributed by atoms with Gasteiger partial charge in [-0.05, 0) is 30.5 Å². The molecule has 0 amide bonds. The Kier molecular flexibility index (Phi) is 3.24. The molecule has 0 aliphatic heterocycles. The van der Waals surface area contributed by atoms with Gasteiger partial charge in [0.1, 0.15) is 0 Å². The van der Waals surface area contributed by atoms with E-state index in [4.69, 9.17) is 9.84 Å². The molecule has 2 rings (SSSR count). The minimum atomic E-state index is -2.87. The Balaban J connectivity index is 2.19. The second kappa shape index (κ2) is 4.65. The number of aliphatic hydroxyl groups is 1. The fraction of sp³-hybridized carbons (Fsp3) is 0.455. The van der Waals surface area contributed by atoms with Gasteiger partial charge in [0.15, 0.2) is 11.5 Å². The molecule has 1 saturated carbocycles. The maximum atomic E-state index is 12.1. The molecule has 16 heavy (non-hydrogen) atoms. The third-order valence-corrected chi connectivity index (χ3v) is 2.22. The van der Waals surface area contributed by atoms with Crippen LogP contribution in [0.2, 0.25) is 0 Å². The van der Waals surface area contributed by atoms with Gasteiger partial charge in [-0.15, -0.1) is 0 Å². The largest absolute Gasteiger partial charge is 0.487 e. The van der Waals surface area contributed by atoms with Crippen molar-refractivity contribution in [2.75, 3.05) is 0 Å². The van der Waals surface area contributed by atoms with Crippen LogP contribution in [0.3, 0.4) is 0 Å². The summed E-state index contributed by atoms with van der Waals surface area (Å²) in [7, 11) is 0. The smallest absolute Gasteiger partial charge is 0.387 e. The van der Waals surface area contributed by atoms with Crippen LogP contribution >= 0.6 is 0 Å². The van der Waals surface area contributed by atoms with E-state index in [2.05, 4.69) is 4.74 Å². The lowest BCUT2D eigenvalue weighted by atomic mass is 10.2. The summed E-state index contributed by atoms with van der Waals surface area (Å²) in [5.41, 5.74) is 0.609. The van der Waals surface area contributed by atoms with Crippen LogP contribution in [0.15, 0.2) is 18.2 Å². The second-order valence-corrected chi connectivity index (χ2v) is 3.63. The van der Waals surface area contributed by atoms with E-state index in [1.165, 1.54) is 18.2 Å². The summed E-state index contributed by atoms with van der Waals surface area (Å²) >= 11 is 0. The van der Waals surface area contributed by atoms with Crippen LogP contribution in [0.4, 0.5) is 8.78 Å². The van der Waals surface area contributed by atoms with E-state index >= 15 is 0 Å². The summed E-state index contributed by atoms with van der Waals surface area (Å²) in [5.74, 6) is 0.286. The zero-order chi connectivity index (χ0) is 11.5. The molecule has 0 bridgehead atoms. The van der Waals surface area contributed by atoms with Crippen LogP contribution in [-0.4, -0.2) is 17.8 Å². The Hall–Kier alpha value is -1.36. The average Bonchev–Trinajstić information content (AvgIpc) is 3.04. The highest BCUT2D eigenvalue weighted by Gasteiger charge is 2.25. The summed E-state index contributed by atoms with van der Waals surface area (Å²) in [6.45, 7) is -3.03. The van der Waals surface area contributed by atoms with Crippen LogP contribution in [0.1, 0.15) is 18.4 Å². The summed E-state index contributed by atoms with van der Waals surface area (Å²) in [6.07, 6.45) is 1.95. The van der Waals surface area contributed by atoms with Crippen molar-refractivity contribution in [3.05, 3.63) is 23.8 Å². The van der Waals surface area contributed by atoms with Crippen LogP contribution in [-0.2, 0) is 6.61 Å². The first kappa shape index (κ1) is 11.1. The second-order valence-electron chi connectivity index (χ2n) is 3.63. The number of benzene rings is 1. The first-order valence-corrected chi connectivity index (χ1v) is 5.04. The van der Waals surface area contributed by atoms with Crippen molar-refractivity contribution in [1.82, 2.24) is 0 Å². The molecule has 0 aromatic heterocycles. The van der Waals surface area contributed by atoms with Crippen LogP contribution in [0.25, 0.3) is 0 Å². The number of hydrogen-bond acceptors (Lipinski definition) is 3. The zero-order valence-corrected chi connectivity index (χ0v) is 8.53. The van der Waals surface area contributed by atoms with Gasteiger partial charge in [-0.1, -0.05) is 6.07 Å². The minimum Gasteiger partial charge on any atom is -0.487 e. The van der Waals surface area contributed by atoms with Gasteiger partial charge in [-0.25, -0.2) is 0 Å². The van der Waals surface area contributed by atoms with Crippen LogP contribution in [0, 0.1) is 0 Å². The topological polar surface area (TPSA) is 38.7 Å².